The van der Waals surface area contributed by atoms with Gasteiger partial charge in [-0.25, -0.2) is 13.9 Å². The van der Waals surface area contributed by atoms with Gasteiger partial charge >= 0.3 is 0 Å². The number of amides is 1. The standard InChI is InChI=1S/C19H15F2N3O2/c20-12-6-5-11(16(21)9-12)10-24(13-7-8-13)19(26)17-14-3-1-2-4-15(14)18(25)23-22-17/h1-6,9,13H,7-8,10H2,(H,23,25). The summed E-state index contributed by atoms with van der Waals surface area (Å²) in [5.74, 6) is -1.74. The fourth-order valence-electron chi connectivity index (χ4n) is 3.00. The van der Waals surface area contributed by atoms with Gasteiger partial charge in [0.05, 0.1) is 5.39 Å². The van der Waals surface area contributed by atoms with Gasteiger partial charge < -0.3 is 4.90 Å². The van der Waals surface area contributed by atoms with Crippen LogP contribution in [0.5, 0.6) is 0 Å². The molecule has 2 aromatic carbocycles. The zero-order chi connectivity index (χ0) is 18.3. The number of halogens is 2. The first-order valence-corrected chi connectivity index (χ1v) is 8.27. The number of nitrogens with zero attached hydrogens (tertiary/aromatic N) is 2. The van der Waals surface area contributed by atoms with Crippen molar-refractivity contribution in [2.24, 2.45) is 0 Å². The smallest absolute Gasteiger partial charge is 0.275 e. The number of aromatic nitrogens is 2. The highest BCUT2D eigenvalue weighted by Crippen LogP contribution is 2.31. The van der Waals surface area contributed by atoms with E-state index in [-0.39, 0.29) is 35.3 Å². The molecule has 0 radical (unpaired) electrons. The van der Waals surface area contributed by atoms with Crippen LogP contribution in [-0.4, -0.2) is 27.0 Å². The number of hydrogen-bond acceptors (Lipinski definition) is 3. The largest absolute Gasteiger partial charge is 0.330 e. The molecule has 3 aromatic rings. The van der Waals surface area contributed by atoms with Crippen molar-refractivity contribution in [3.8, 4) is 0 Å². The van der Waals surface area contributed by atoms with Crippen molar-refractivity contribution in [3.05, 3.63) is 75.7 Å². The molecular formula is C19H15F2N3O2. The van der Waals surface area contributed by atoms with Crippen LogP contribution in [0.4, 0.5) is 8.78 Å². The second-order valence-corrected chi connectivity index (χ2v) is 6.35. The molecule has 1 heterocycles. The number of carbonyl (C=O) groups excluding carboxylic acids is 1. The van der Waals surface area contributed by atoms with Gasteiger partial charge in [-0.05, 0) is 25.0 Å². The summed E-state index contributed by atoms with van der Waals surface area (Å²) in [6, 6.07) is 10.0. The molecule has 0 unspecified atom stereocenters. The molecular weight excluding hydrogens is 340 g/mol. The van der Waals surface area contributed by atoms with Crippen molar-refractivity contribution in [1.82, 2.24) is 15.1 Å². The van der Waals surface area contributed by atoms with Crippen LogP contribution >= 0.6 is 0 Å². The molecule has 0 spiro atoms. The lowest BCUT2D eigenvalue weighted by atomic mass is 10.1. The molecule has 1 N–H and O–H groups in total. The number of aromatic amines is 1. The Bertz CT molecular complexity index is 1060. The predicted molar refractivity (Wildman–Crippen MR) is 91.6 cm³/mol. The van der Waals surface area contributed by atoms with Crippen LogP contribution in [-0.2, 0) is 6.54 Å². The lowest BCUT2D eigenvalue weighted by molar-refractivity contribution is 0.0723. The highest BCUT2D eigenvalue weighted by molar-refractivity contribution is 6.04. The molecule has 5 nitrogen and oxygen atoms in total. The molecule has 0 saturated heterocycles. The van der Waals surface area contributed by atoms with Crippen LogP contribution in [0, 0.1) is 11.6 Å². The van der Waals surface area contributed by atoms with Gasteiger partial charge in [0.25, 0.3) is 11.5 Å². The zero-order valence-electron chi connectivity index (χ0n) is 13.7. The van der Waals surface area contributed by atoms with Crippen LogP contribution in [0.15, 0.2) is 47.3 Å². The summed E-state index contributed by atoms with van der Waals surface area (Å²) in [4.78, 5) is 26.5. The van der Waals surface area contributed by atoms with Crippen LogP contribution in [0.3, 0.4) is 0 Å². The maximum atomic E-state index is 14.0. The van der Waals surface area contributed by atoms with Gasteiger partial charge in [-0.15, -0.1) is 0 Å². The summed E-state index contributed by atoms with van der Waals surface area (Å²) in [7, 11) is 0. The van der Waals surface area contributed by atoms with Crippen LogP contribution in [0.1, 0.15) is 28.9 Å². The lowest BCUT2D eigenvalue weighted by Crippen LogP contribution is -2.34. The Kier molecular flexibility index (Phi) is 3.99. The van der Waals surface area contributed by atoms with Crippen molar-refractivity contribution in [1.29, 1.82) is 0 Å². The maximum Gasteiger partial charge on any atom is 0.275 e. The second-order valence-electron chi connectivity index (χ2n) is 6.35. The Morgan fingerprint density at radius 3 is 2.58 bits per heavy atom. The fourth-order valence-corrected chi connectivity index (χ4v) is 3.00. The highest BCUT2D eigenvalue weighted by Gasteiger charge is 2.35. The van der Waals surface area contributed by atoms with Gasteiger partial charge in [-0.1, -0.05) is 24.3 Å². The van der Waals surface area contributed by atoms with Gasteiger partial charge in [-0.2, -0.15) is 5.10 Å². The second kappa shape index (κ2) is 6.33. The average Bonchev–Trinajstić information content (AvgIpc) is 3.46. The molecule has 0 bridgehead atoms. The van der Waals surface area contributed by atoms with E-state index < -0.39 is 11.6 Å². The number of hydrogen-bond donors (Lipinski definition) is 1. The Morgan fingerprint density at radius 1 is 1.15 bits per heavy atom. The zero-order valence-corrected chi connectivity index (χ0v) is 13.7. The van der Waals surface area contributed by atoms with Crippen LogP contribution in [0.2, 0.25) is 0 Å². The number of nitrogens with one attached hydrogen (secondary N) is 1. The van der Waals surface area contributed by atoms with Gasteiger partial charge in [0.2, 0.25) is 0 Å². The number of benzene rings is 2. The van der Waals surface area contributed by atoms with Crippen molar-refractivity contribution in [2.75, 3.05) is 0 Å². The topological polar surface area (TPSA) is 66.1 Å². The van der Waals surface area contributed by atoms with E-state index in [9.17, 15) is 18.4 Å². The van der Waals surface area contributed by atoms with Crippen molar-refractivity contribution in [3.63, 3.8) is 0 Å². The number of carbonyl (C=O) groups is 1. The summed E-state index contributed by atoms with van der Waals surface area (Å²) < 4.78 is 27.2. The van der Waals surface area contributed by atoms with E-state index >= 15 is 0 Å². The summed E-state index contributed by atoms with van der Waals surface area (Å²) in [5.41, 5.74) is -0.0188. The number of fused-ring (bicyclic) bond motifs is 1. The van der Waals surface area contributed by atoms with E-state index in [1.165, 1.54) is 17.0 Å². The summed E-state index contributed by atoms with van der Waals surface area (Å²) in [6.45, 7) is 0.0186. The first-order chi connectivity index (χ1) is 12.5. The van der Waals surface area contributed by atoms with E-state index in [1.54, 1.807) is 24.3 Å². The Labute approximate surface area is 147 Å². The molecule has 7 heteroatoms. The van der Waals surface area contributed by atoms with Crippen molar-refractivity contribution >= 4 is 16.7 Å². The normalized spacial score (nSPS) is 13.8. The summed E-state index contributed by atoms with van der Waals surface area (Å²) in [6.07, 6.45) is 1.63. The number of rotatable bonds is 4. The monoisotopic (exact) mass is 355 g/mol. The van der Waals surface area contributed by atoms with Crippen molar-refractivity contribution < 1.29 is 13.6 Å². The van der Waals surface area contributed by atoms with Gasteiger partial charge in [0, 0.05) is 29.6 Å². The molecule has 4 rings (SSSR count). The first-order valence-electron chi connectivity index (χ1n) is 8.27. The maximum absolute atomic E-state index is 14.0. The summed E-state index contributed by atoms with van der Waals surface area (Å²) in [5, 5.41) is 7.10. The molecule has 1 aromatic heterocycles. The third kappa shape index (κ3) is 2.96. The average molecular weight is 355 g/mol. The minimum absolute atomic E-state index is 0.0144. The van der Waals surface area contributed by atoms with Gasteiger partial charge in [-0.3, -0.25) is 9.59 Å². The minimum Gasteiger partial charge on any atom is -0.330 e. The third-order valence-corrected chi connectivity index (χ3v) is 4.50. The molecule has 1 aliphatic rings. The highest BCUT2D eigenvalue weighted by atomic mass is 19.1. The van der Waals surface area contributed by atoms with E-state index in [2.05, 4.69) is 10.2 Å². The first kappa shape index (κ1) is 16.4. The van der Waals surface area contributed by atoms with Gasteiger partial charge in [0.1, 0.15) is 11.6 Å². The lowest BCUT2D eigenvalue weighted by Gasteiger charge is -2.23. The minimum atomic E-state index is -0.692. The van der Waals surface area contributed by atoms with E-state index in [4.69, 9.17) is 0 Å². The Hall–Kier alpha value is -3.09. The predicted octanol–water partition coefficient (Wildman–Crippen LogP) is 3.01. The van der Waals surface area contributed by atoms with Gasteiger partial charge in [0.15, 0.2) is 5.69 Å². The molecule has 0 aliphatic heterocycles. The van der Waals surface area contributed by atoms with Crippen LogP contribution in [0.25, 0.3) is 10.8 Å². The molecule has 1 aliphatic carbocycles. The SMILES string of the molecule is O=C(c1n[nH]c(=O)c2ccccc12)N(Cc1ccc(F)cc1F)C1CC1. The molecule has 132 valence electrons. The van der Waals surface area contributed by atoms with E-state index in [1.807, 2.05) is 0 Å². The molecule has 1 amide bonds. The Balaban J connectivity index is 1.73. The fraction of sp³-hybridized carbons (Fsp3) is 0.211. The van der Waals surface area contributed by atoms with Crippen molar-refractivity contribution in [2.45, 2.75) is 25.4 Å². The molecule has 1 saturated carbocycles. The number of H-pyrrole nitrogens is 1. The van der Waals surface area contributed by atoms with E-state index in [0.717, 1.165) is 18.9 Å². The van der Waals surface area contributed by atoms with Crippen LogP contribution < -0.4 is 5.56 Å². The molecule has 1 fully saturated rings. The van der Waals surface area contributed by atoms with E-state index in [0.29, 0.717) is 10.8 Å². The third-order valence-electron chi connectivity index (χ3n) is 4.50. The Morgan fingerprint density at radius 2 is 1.88 bits per heavy atom. The molecule has 26 heavy (non-hydrogen) atoms. The quantitative estimate of drug-likeness (QED) is 0.782. The summed E-state index contributed by atoms with van der Waals surface area (Å²) >= 11 is 0. The molecule has 0 atom stereocenters.